The molecule has 0 bridgehead atoms. The highest BCUT2D eigenvalue weighted by Gasteiger charge is 2.05. The number of imidazole rings is 1. The number of anilines is 3. The molecule has 0 fully saturated rings. The van der Waals surface area contributed by atoms with E-state index in [1.54, 1.807) is 36.7 Å². The molecule has 7 heteroatoms. The second kappa shape index (κ2) is 5.34. The monoisotopic (exact) mass is 301 g/mol. The van der Waals surface area contributed by atoms with Crippen LogP contribution in [-0.4, -0.2) is 16.0 Å². The highest BCUT2D eigenvalue weighted by Crippen LogP contribution is 2.23. The molecule has 0 unspecified atom stereocenters. The number of hydrogen-bond acceptors (Lipinski definition) is 3. The second-order valence-corrected chi connectivity index (χ2v) is 4.86. The number of aromatic nitrogens is 2. The van der Waals surface area contributed by atoms with Crippen molar-refractivity contribution in [3.63, 3.8) is 0 Å². The molecule has 0 spiro atoms. The lowest BCUT2D eigenvalue weighted by molar-refractivity contribution is 0.262. The number of carbonyl (C=O) groups is 1. The van der Waals surface area contributed by atoms with Gasteiger partial charge in [-0.1, -0.05) is 11.6 Å². The normalized spacial score (nSPS) is 10.5. The van der Waals surface area contributed by atoms with Crippen molar-refractivity contribution in [3.05, 3.63) is 47.7 Å². The van der Waals surface area contributed by atoms with Crippen molar-refractivity contribution in [1.82, 2.24) is 9.97 Å². The molecule has 3 aromatic rings. The molecule has 0 saturated carbocycles. The van der Waals surface area contributed by atoms with Crippen LogP contribution in [0.15, 0.2) is 42.7 Å². The number of rotatable bonds is 2. The molecule has 1 heterocycles. The van der Waals surface area contributed by atoms with Crippen LogP contribution in [0.2, 0.25) is 5.02 Å². The number of amides is 2. The molecular formula is C14H12ClN5O. The molecule has 0 aliphatic heterocycles. The summed E-state index contributed by atoms with van der Waals surface area (Å²) in [6.07, 6.45) is 1.60. The first kappa shape index (κ1) is 13.3. The molecule has 2 amide bonds. The topological polar surface area (TPSA) is 95.8 Å². The largest absolute Gasteiger partial charge is 0.398 e. The number of aromatic amines is 1. The lowest BCUT2D eigenvalue weighted by Gasteiger charge is -2.08. The van der Waals surface area contributed by atoms with Gasteiger partial charge in [-0.25, -0.2) is 9.78 Å². The van der Waals surface area contributed by atoms with Gasteiger partial charge in [0, 0.05) is 11.4 Å². The third-order valence-electron chi connectivity index (χ3n) is 2.94. The van der Waals surface area contributed by atoms with Crippen molar-refractivity contribution in [2.45, 2.75) is 0 Å². The number of benzene rings is 2. The van der Waals surface area contributed by atoms with Crippen LogP contribution in [0.25, 0.3) is 11.0 Å². The average molecular weight is 302 g/mol. The molecule has 0 saturated heterocycles. The minimum Gasteiger partial charge on any atom is -0.398 e. The molecule has 1 aromatic heterocycles. The summed E-state index contributed by atoms with van der Waals surface area (Å²) in [5.74, 6) is 0. The van der Waals surface area contributed by atoms with Gasteiger partial charge in [-0.15, -0.1) is 0 Å². The van der Waals surface area contributed by atoms with E-state index >= 15 is 0 Å². The third-order valence-corrected chi connectivity index (χ3v) is 3.26. The molecule has 0 radical (unpaired) electrons. The molecule has 0 atom stereocenters. The predicted octanol–water partition coefficient (Wildman–Crippen LogP) is 3.44. The maximum absolute atomic E-state index is 11.9. The van der Waals surface area contributed by atoms with E-state index in [2.05, 4.69) is 20.6 Å². The quantitative estimate of drug-likeness (QED) is 0.546. The summed E-state index contributed by atoms with van der Waals surface area (Å²) in [5, 5.41) is 5.81. The Bertz CT molecular complexity index is 814. The van der Waals surface area contributed by atoms with E-state index in [0.29, 0.717) is 22.1 Å². The van der Waals surface area contributed by atoms with Crippen LogP contribution in [0.3, 0.4) is 0 Å². The van der Waals surface area contributed by atoms with Gasteiger partial charge in [-0.2, -0.15) is 0 Å². The van der Waals surface area contributed by atoms with Crippen LogP contribution in [0.4, 0.5) is 21.9 Å². The Morgan fingerprint density at radius 1 is 1.14 bits per heavy atom. The van der Waals surface area contributed by atoms with Gasteiger partial charge in [0.05, 0.1) is 28.1 Å². The summed E-state index contributed by atoms with van der Waals surface area (Å²) in [4.78, 5) is 19.0. The summed E-state index contributed by atoms with van der Waals surface area (Å²) in [5.41, 5.74) is 8.99. The average Bonchev–Trinajstić information content (AvgIpc) is 2.90. The van der Waals surface area contributed by atoms with Gasteiger partial charge in [0.1, 0.15) is 0 Å². The molecule has 0 aliphatic rings. The molecule has 0 aliphatic carbocycles. The van der Waals surface area contributed by atoms with Gasteiger partial charge in [-0.3, -0.25) is 0 Å². The smallest absolute Gasteiger partial charge is 0.323 e. The lowest BCUT2D eigenvalue weighted by Crippen LogP contribution is -2.19. The number of H-pyrrole nitrogens is 1. The molecule has 21 heavy (non-hydrogen) atoms. The van der Waals surface area contributed by atoms with E-state index in [9.17, 15) is 4.79 Å². The fourth-order valence-electron chi connectivity index (χ4n) is 1.91. The first-order valence-corrected chi connectivity index (χ1v) is 6.56. The van der Waals surface area contributed by atoms with E-state index in [4.69, 9.17) is 17.3 Å². The number of nitrogen functional groups attached to an aromatic ring is 1. The first-order chi connectivity index (χ1) is 10.1. The van der Waals surface area contributed by atoms with Crippen molar-refractivity contribution in [1.29, 1.82) is 0 Å². The van der Waals surface area contributed by atoms with Gasteiger partial charge in [0.2, 0.25) is 0 Å². The number of carbonyl (C=O) groups excluding carboxylic acids is 1. The molecule has 6 nitrogen and oxygen atoms in total. The Morgan fingerprint density at radius 2 is 1.86 bits per heavy atom. The minimum absolute atomic E-state index is 0.366. The van der Waals surface area contributed by atoms with E-state index in [0.717, 1.165) is 11.0 Å². The summed E-state index contributed by atoms with van der Waals surface area (Å²) >= 11 is 5.90. The van der Waals surface area contributed by atoms with Crippen LogP contribution < -0.4 is 16.4 Å². The number of nitrogens with one attached hydrogen (secondary N) is 3. The fourth-order valence-corrected chi connectivity index (χ4v) is 2.09. The van der Waals surface area contributed by atoms with Crippen molar-refractivity contribution in [3.8, 4) is 0 Å². The van der Waals surface area contributed by atoms with E-state index in [1.807, 2.05) is 6.07 Å². The zero-order chi connectivity index (χ0) is 14.8. The Hall–Kier alpha value is -2.73. The van der Waals surface area contributed by atoms with Crippen molar-refractivity contribution in [2.24, 2.45) is 0 Å². The minimum atomic E-state index is -0.366. The van der Waals surface area contributed by atoms with Crippen LogP contribution in [0.1, 0.15) is 0 Å². The summed E-state index contributed by atoms with van der Waals surface area (Å²) in [6, 6.07) is 9.94. The first-order valence-electron chi connectivity index (χ1n) is 6.18. The van der Waals surface area contributed by atoms with Gasteiger partial charge < -0.3 is 21.4 Å². The van der Waals surface area contributed by atoms with Crippen LogP contribution >= 0.6 is 11.6 Å². The van der Waals surface area contributed by atoms with Crippen LogP contribution in [0.5, 0.6) is 0 Å². The maximum Gasteiger partial charge on any atom is 0.323 e. The Labute approximate surface area is 125 Å². The number of hydrogen-bond donors (Lipinski definition) is 4. The number of urea groups is 1. The summed E-state index contributed by atoms with van der Waals surface area (Å²) < 4.78 is 0. The van der Waals surface area contributed by atoms with Crippen molar-refractivity contribution < 1.29 is 4.79 Å². The third kappa shape index (κ3) is 2.90. The Balaban J connectivity index is 1.71. The van der Waals surface area contributed by atoms with Crippen molar-refractivity contribution in [2.75, 3.05) is 16.4 Å². The lowest BCUT2D eigenvalue weighted by atomic mass is 10.2. The molecule has 3 rings (SSSR count). The van der Waals surface area contributed by atoms with E-state index in [-0.39, 0.29) is 6.03 Å². The molecule has 106 valence electrons. The zero-order valence-corrected chi connectivity index (χ0v) is 11.6. The number of fused-ring (bicyclic) bond motifs is 1. The Morgan fingerprint density at radius 3 is 2.62 bits per heavy atom. The van der Waals surface area contributed by atoms with Gasteiger partial charge in [0.15, 0.2) is 0 Å². The van der Waals surface area contributed by atoms with Crippen LogP contribution in [-0.2, 0) is 0 Å². The fraction of sp³-hybridized carbons (Fsp3) is 0. The zero-order valence-electron chi connectivity index (χ0n) is 10.9. The highest BCUT2D eigenvalue weighted by atomic mass is 35.5. The van der Waals surface area contributed by atoms with E-state index < -0.39 is 0 Å². The highest BCUT2D eigenvalue weighted by molar-refractivity contribution is 6.33. The second-order valence-electron chi connectivity index (χ2n) is 4.45. The van der Waals surface area contributed by atoms with Gasteiger partial charge in [0.25, 0.3) is 0 Å². The van der Waals surface area contributed by atoms with Gasteiger partial charge >= 0.3 is 6.03 Å². The molecule has 2 aromatic carbocycles. The number of halogens is 1. The van der Waals surface area contributed by atoms with Gasteiger partial charge in [-0.05, 0) is 36.4 Å². The molecular weight excluding hydrogens is 290 g/mol. The van der Waals surface area contributed by atoms with Crippen LogP contribution in [0, 0.1) is 0 Å². The number of nitrogens with zero attached hydrogens (tertiary/aromatic N) is 1. The number of nitrogens with two attached hydrogens (primary N) is 1. The SMILES string of the molecule is Nc1ccc(NC(=O)Nc2ccc3nc[nH]c3c2)cc1Cl. The predicted molar refractivity (Wildman–Crippen MR) is 84.6 cm³/mol. The van der Waals surface area contributed by atoms with E-state index in [1.165, 1.54) is 0 Å². The van der Waals surface area contributed by atoms with Crippen molar-refractivity contribution >= 4 is 45.7 Å². The standard InChI is InChI=1S/C14H12ClN5O/c15-10-5-8(1-3-11(10)16)19-14(21)20-9-2-4-12-13(6-9)18-7-17-12/h1-7H,16H2,(H,17,18)(H2,19,20,21). The Kier molecular flexibility index (Phi) is 3.37. The maximum atomic E-state index is 11.9. The molecule has 5 N–H and O–H groups in total. The summed E-state index contributed by atoms with van der Waals surface area (Å²) in [7, 11) is 0. The summed E-state index contributed by atoms with van der Waals surface area (Å²) in [6.45, 7) is 0.